The van der Waals surface area contributed by atoms with Crippen molar-refractivity contribution >= 4 is 0 Å². The summed E-state index contributed by atoms with van der Waals surface area (Å²) in [5.74, 6) is 0.922. The molecule has 0 spiro atoms. The third kappa shape index (κ3) is 1.92. The molecule has 1 aromatic heterocycles. The maximum Gasteiger partial charge on any atom is 0.121 e. The molecule has 4 bridgehead atoms. The summed E-state index contributed by atoms with van der Waals surface area (Å²) in [6.45, 7) is 7.79. The lowest BCUT2D eigenvalue weighted by molar-refractivity contribution is -0.118. The fourth-order valence-corrected chi connectivity index (χ4v) is 6.33. The van der Waals surface area contributed by atoms with Crippen LogP contribution in [0.5, 0.6) is 0 Å². The molecule has 0 amide bonds. The molecule has 0 radical (unpaired) electrons. The Labute approximate surface area is 120 Å². The lowest BCUT2D eigenvalue weighted by atomic mass is 9.43. The Morgan fingerprint density at radius 3 is 2.35 bits per heavy atom. The van der Waals surface area contributed by atoms with Gasteiger partial charge in [-0.25, -0.2) is 4.63 Å². The van der Waals surface area contributed by atoms with Crippen LogP contribution in [-0.4, -0.2) is 15.9 Å². The van der Waals surface area contributed by atoms with E-state index in [-0.39, 0.29) is 0 Å². The smallest absolute Gasteiger partial charge is 0.121 e. The summed E-state index contributed by atoms with van der Waals surface area (Å²) < 4.78 is 4.82. The van der Waals surface area contributed by atoms with E-state index < -0.39 is 0 Å². The van der Waals surface area contributed by atoms with Gasteiger partial charge in [-0.3, -0.25) is 0 Å². The molecule has 4 fully saturated rings. The summed E-state index contributed by atoms with van der Waals surface area (Å²) in [6, 6.07) is 0. The molecular weight excluding hydrogens is 250 g/mol. The minimum Gasteiger partial charge on any atom is -0.305 e. The second-order valence-electron chi connectivity index (χ2n) is 8.56. The SMILES string of the molecule is Cc1nonc1CNC12CC3CC(C)(CC(C)(C3)C1)C2. The molecule has 5 rings (SSSR count). The summed E-state index contributed by atoms with van der Waals surface area (Å²) in [7, 11) is 0. The molecule has 110 valence electrons. The molecule has 1 N–H and O–H groups in total. The largest absolute Gasteiger partial charge is 0.305 e. The van der Waals surface area contributed by atoms with Crippen LogP contribution in [0.1, 0.15) is 63.8 Å². The van der Waals surface area contributed by atoms with E-state index in [4.69, 9.17) is 4.63 Å². The highest BCUT2D eigenvalue weighted by Crippen LogP contribution is 2.66. The van der Waals surface area contributed by atoms with E-state index in [0.717, 1.165) is 23.9 Å². The molecule has 4 aliphatic carbocycles. The fourth-order valence-electron chi connectivity index (χ4n) is 6.33. The van der Waals surface area contributed by atoms with Gasteiger partial charge >= 0.3 is 0 Å². The Balaban J connectivity index is 1.56. The number of rotatable bonds is 3. The van der Waals surface area contributed by atoms with Crippen LogP contribution in [0.25, 0.3) is 0 Å². The highest BCUT2D eigenvalue weighted by Gasteiger charge is 2.59. The third-order valence-corrected chi connectivity index (χ3v) is 6.00. The Morgan fingerprint density at radius 2 is 1.80 bits per heavy atom. The van der Waals surface area contributed by atoms with Crippen LogP contribution in [0.3, 0.4) is 0 Å². The van der Waals surface area contributed by atoms with Crippen molar-refractivity contribution in [3.63, 3.8) is 0 Å². The van der Waals surface area contributed by atoms with Crippen molar-refractivity contribution in [2.45, 2.75) is 71.4 Å². The Hall–Kier alpha value is -0.900. The van der Waals surface area contributed by atoms with E-state index >= 15 is 0 Å². The Bertz CT molecular complexity index is 520. The quantitative estimate of drug-likeness (QED) is 0.920. The van der Waals surface area contributed by atoms with E-state index in [1.165, 1.54) is 38.5 Å². The van der Waals surface area contributed by atoms with Gasteiger partial charge in [-0.1, -0.05) is 24.2 Å². The normalized spacial score (nSPS) is 46.0. The van der Waals surface area contributed by atoms with Crippen LogP contribution in [0.4, 0.5) is 0 Å². The van der Waals surface area contributed by atoms with E-state index in [2.05, 4.69) is 29.5 Å². The zero-order chi connectivity index (χ0) is 14.0. The van der Waals surface area contributed by atoms with Crippen molar-refractivity contribution in [3.05, 3.63) is 11.4 Å². The number of nitrogens with one attached hydrogen (secondary N) is 1. The summed E-state index contributed by atoms with van der Waals surface area (Å²) in [5, 5.41) is 11.8. The monoisotopic (exact) mass is 275 g/mol. The van der Waals surface area contributed by atoms with Crippen LogP contribution < -0.4 is 5.32 Å². The van der Waals surface area contributed by atoms with E-state index in [1.54, 1.807) is 0 Å². The first-order valence-corrected chi connectivity index (χ1v) is 7.93. The molecule has 4 aliphatic rings. The standard InChI is InChI=1S/C16H25N3O/c1-11-13(19-20-18-11)7-17-16-6-12-4-14(2,9-16)8-15(3,5-12)10-16/h12,17H,4-10H2,1-3H3. The maximum absolute atomic E-state index is 4.82. The van der Waals surface area contributed by atoms with Crippen LogP contribution in [-0.2, 0) is 6.54 Å². The predicted octanol–water partition coefficient (Wildman–Crippen LogP) is 3.22. The van der Waals surface area contributed by atoms with Gasteiger partial charge in [0.1, 0.15) is 11.4 Å². The summed E-state index contributed by atoms with van der Waals surface area (Å²) in [5.41, 5.74) is 3.32. The molecule has 4 nitrogen and oxygen atoms in total. The molecule has 0 saturated heterocycles. The van der Waals surface area contributed by atoms with Gasteiger partial charge in [-0.15, -0.1) is 0 Å². The van der Waals surface area contributed by atoms with Gasteiger partial charge in [-0.05, 0) is 62.2 Å². The third-order valence-electron chi connectivity index (χ3n) is 6.00. The highest BCUT2D eigenvalue weighted by molar-refractivity contribution is 5.15. The summed E-state index contributed by atoms with van der Waals surface area (Å²) in [4.78, 5) is 0. The zero-order valence-corrected chi connectivity index (χ0v) is 12.8. The van der Waals surface area contributed by atoms with Crippen LogP contribution in [0.2, 0.25) is 0 Å². The van der Waals surface area contributed by atoms with Crippen LogP contribution in [0.15, 0.2) is 4.63 Å². The number of aryl methyl sites for hydroxylation is 1. The van der Waals surface area contributed by atoms with Gasteiger partial charge in [0.2, 0.25) is 0 Å². The Morgan fingerprint density at radius 1 is 1.10 bits per heavy atom. The van der Waals surface area contributed by atoms with Gasteiger partial charge in [0.05, 0.1) is 0 Å². The van der Waals surface area contributed by atoms with E-state index in [1.807, 2.05) is 6.92 Å². The maximum atomic E-state index is 4.82. The van der Waals surface area contributed by atoms with Gasteiger partial charge in [-0.2, -0.15) is 0 Å². The van der Waals surface area contributed by atoms with Gasteiger partial charge < -0.3 is 5.32 Å². The van der Waals surface area contributed by atoms with Gasteiger partial charge in [0, 0.05) is 12.1 Å². The first kappa shape index (κ1) is 12.8. The van der Waals surface area contributed by atoms with E-state index in [9.17, 15) is 0 Å². The minimum absolute atomic E-state index is 0.328. The van der Waals surface area contributed by atoms with Crippen molar-refractivity contribution in [1.29, 1.82) is 0 Å². The molecule has 2 unspecified atom stereocenters. The average Bonchev–Trinajstić information content (AvgIpc) is 2.67. The second-order valence-corrected chi connectivity index (χ2v) is 8.56. The second kappa shape index (κ2) is 3.85. The number of aromatic nitrogens is 2. The average molecular weight is 275 g/mol. The number of nitrogens with zero attached hydrogens (tertiary/aromatic N) is 2. The first-order chi connectivity index (χ1) is 9.40. The van der Waals surface area contributed by atoms with Crippen molar-refractivity contribution in [1.82, 2.24) is 15.6 Å². The van der Waals surface area contributed by atoms with Crippen molar-refractivity contribution < 1.29 is 4.63 Å². The molecule has 1 aromatic rings. The molecule has 2 atom stereocenters. The lowest BCUT2D eigenvalue weighted by Crippen LogP contribution is -2.63. The number of hydrogen-bond acceptors (Lipinski definition) is 4. The van der Waals surface area contributed by atoms with Gasteiger partial charge in [0.15, 0.2) is 0 Å². The van der Waals surface area contributed by atoms with Crippen molar-refractivity contribution in [3.8, 4) is 0 Å². The lowest BCUT2D eigenvalue weighted by Gasteiger charge is -2.65. The molecule has 4 heteroatoms. The summed E-state index contributed by atoms with van der Waals surface area (Å²) >= 11 is 0. The zero-order valence-electron chi connectivity index (χ0n) is 12.8. The molecule has 4 saturated carbocycles. The minimum atomic E-state index is 0.328. The Kier molecular flexibility index (Phi) is 2.46. The van der Waals surface area contributed by atoms with Crippen LogP contribution >= 0.6 is 0 Å². The number of hydrogen-bond donors (Lipinski definition) is 1. The summed E-state index contributed by atoms with van der Waals surface area (Å²) in [6.07, 6.45) is 8.31. The van der Waals surface area contributed by atoms with Crippen LogP contribution in [0, 0.1) is 23.7 Å². The first-order valence-electron chi connectivity index (χ1n) is 7.93. The predicted molar refractivity (Wildman–Crippen MR) is 76.0 cm³/mol. The fraction of sp³-hybridized carbons (Fsp3) is 0.875. The van der Waals surface area contributed by atoms with E-state index in [0.29, 0.717) is 16.4 Å². The molecule has 1 heterocycles. The molecular formula is C16H25N3O. The highest BCUT2D eigenvalue weighted by atomic mass is 16.6. The molecule has 0 aromatic carbocycles. The molecule has 20 heavy (non-hydrogen) atoms. The van der Waals surface area contributed by atoms with Crippen molar-refractivity contribution in [2.75, 3.05) is 0 Å². The van der Waals surface area contributed by atoms with Gasteiger partial charge in [0.25, 0.3) is 0 Å². The molecule has 0 aliphatic heterocycles. The topological polar surface area (TPSA) is 51.0 Å². The van der Waals surface area contributed by atoms with Crippen molar-refractivity contribution in [2.24, 2.45) is 16.7 Å².